The van der Waals surface area contributed by atoms with E-state index in [4.69, 9.17) is 15.2 Å². The third kappa shape index (κ3) is 3.24. The molecule has 3 amide bonds. The number of piperidine rings is 1. The van der Waals surface area contributed by atoms with Crippen LogP contribution in [0.3, 0.4) is 0 Å². The fraction of sp³-hybridized carbons (Fsp3) is 0.500. The van der Waals surface area contributed by atoms with Crippen molar-refractivity contribution in [2.24, 2.45) is 11.7 Å². The number of likely N-dealkylation sites (tertiary alicyclic amines) is 1. The van der Waals surface area contributed by atoms with E-state index in [1.165, 1.54) is 19.1 Å². The Morgan fingerprint density at radius 1 is 1.15 bits per heavy atom. The first kappa shape index (κ1) is 18.2. The highest BCUT2D eigenvalue weighted by atomic mass is 16.5. The number of nitrogens with two attached hydrogens (primary N) is 1. The third-order valence-corrected chi connectivity index (χ3v) is 5.12. The number of ether oxygens (including phenoxy) is 2. The predicted molar refractivity (Wildman–Crippen MR) is 93.9 cm³/mol. The summed E-state index contributed by atoms with van der Waals surface area (Å²) in [6, 6.07) is 4.48. The van der Waals surface area contributed by atoms with Crippen molar-refractivity contribution < 1.29 is 23.9 Å². The van der Waals surface area contributed by atoms with Crippen LogP contribution < -0.4 is 20.1 Å². The largest absolute Gasteiger partial charge is 0.497 e. The summed E-state index contributed by atoms with van der Waals surface area (Å²) in [4.78, 5) is 40.0. The van der Waals surface area contributed by atoms with Crippen LogP contribution in [0.1, 0.15) is 19.3 Å². The van der Waals surface area contributed by atoms with Gasteiger partial charge in [0.15, 0.2) is 0 Å². The van der Waals surface area contributed by atoms with E-state index in [1.807, 2.05) is 4.90 Å². The first-order valence-corrected chi connectivity index (χ1v) is 8.58. The molecule has 0 aromatic heterocycles. The van der Waals surface area contributed by atoms with E-state index in [0.29, 0.717) is 43.1 Å². The molecule has 0 radical (unpaired) electrons. The minimum absolute atomic E-state index is 0.112. The number of carbonyl (C=O) groups is 3. The quantitative estimate of drug-likeness (QED) is 0.768. The Kier molecular flexibility index (Phi) is 5.13. The van der Waals surface area contributed by atoms with Crippen molar-refractivity contribution in [1.82, 2.24) is 4.90 Å². The van der Waals surface area contributed by atoms with Crippen molar-refractivity contribution in [1.29, 1.82) is 0 Å². The SMILES string of the molecule is COc1ccc(OC)c(N2C(=O)C[C@@H](N3CCC(C(N)=O)CC3)C2=O)c1. The second-order valence-electron chi connectivity index (χ2n) is 6.54. The van der Waals surface area contributed by atoms with Crippen LogP contribution in [0.5, 0.6) is 11.5 Å². The highest BCUT2D eigenvalue weighted by Gasteiger charge is 2.44. The Labute approximate surface area is 151 Å². The van der Waals surface area contributed by atoms with Crippen LogP contribution in [0.25, 0.3) is 0 Å². The van der Waals surface area contributed by atoms with Gasteiger partial charge in [0.2, 0.25) is 11.8 Å². The van der Waals surface area contributed by atoms with Crippen molar-refractivity contribution in [3.8, 4) is 11.5 Å². The van der Waals surface area contributed by atoms with Crippen molar-refractivity contribution in [2.45, 2.75) is 25.3 Å². The molecular formula is C18H23N3O5. The Hall–Kier alpha value is -2.61. The molecule has 2 fully saturated rings. The summed E-state index contributed by atoms with van der Waals surface area (Å²) in [6.45, 7) is 1.14. The number of anilines is 1. The number of rotatable bonds is 5. The molecule has 8 heteroatoms. The van der Waals surface area contributed by atoms with Gasteiger partial charge in [0.25, 0.3) is 5.91 Å². The van der Waals surface area contributed by atoms with E-state index in [-0.39, 0.29) is 30.1 Å². The van der Waals surface area contributed by atoms with Crippen LogP contribution in [0.4, 0.5) is 5.69 Å². The minimum atomic E-state index is -0.521. The number of benzene rings is 1. The maximum absolute atomic E-state index is 13.0. The van der Waals surface area contributed by atoms with Crippen LogP contribution >= 0.6 is 0 Å². The molecule has 0 saturated carbocycles. The lowest BCUT2D eigenvalue weighted by atomic mass is 9.95. The Morgan fingerprint density at radius 3 is 2.42 bits per heavy atom. The van der Waals surface area contributed by atoms with E-state index < -0.39 is 6.04 Å². The molecule has 1 aromatic rings. The Balaban J connectivity index is 1.81. The van der Waals surface area contributed by atoms with E-state index >= 15 is 0 Å². The molecule has 26 heavy (non-hydrogen) atoms. The molecule has 140 valence electrons. The molecule has 2 saturated heterocycles. The summed E-state index contributed by atoms with van der Waals surface area (Å²) in [7, 11) is 3.01. The second kappa shape index (κ2) is 7.33. The zero-order valence-electron chi connectivity index (χ0n) is 14.9. The summed E-state index contributed by atoms with van der Waals surface area (Å²) >= 11 is 0. The molecule has 0 unspecified atom stereocenters. The van der Waals surface area contributed by atoms with Crippen LogP contribution in [0.2, 0.25) is 0 Å². The maximum Gasteiger partial charge on any atom is 0.251 e. The molecular weight excluding hydrogens is 338 g/mol. The predicted octanol–water partition coefficient (Wildman–Crippen LogP) is 0.533. The van der Waals surface area contributed by atoms with Gasteiger partial charge in [-0.3, -0.25) is 19.3 Å². The second-order valence-corrected chi connectivity index (χ2v) is 6.54. The average Bonchev–Trinajstić information content (AvgIpc) is 2.95. The van der Waals surface area contributed by atoms with Crippen molar-refractivity contribution in [3.63, 3.8) is 0 Å². The van der Waals surface area contributed by atoms with Crippen molar-refractivity contribution >= 4 is 23.4 Å². The number of hydrogen-bond acceptors (Lipinski definition) is 6. The number of imide groups is 1. The number of hydrogen-bond donors (Lipinski definition) is 1. The third-order valence-electron chi connectivity index (χ3n) is 5.12. The standard InChI is InChI=1S/C18H23N3O5/c1-25-12-3-4-15(26-2)13(9-12)21-16(22)10-14(18(21)24)20-7-5-11(6-8-20)17(19)23/h3-4,9,11,14H,5-8,10H2,1-2H3,(H2,19,23)/t14-/m1/s1. The van der Waals surface area contributed by atoms with Gasteiger partial charge in [0, 0.05) is 12.0 Å². The van der Waals surface area contributed by atoms with Gasteiger partial charge in [0.05, 0.1) is 32.4 Å². The summed E-state index contributed by atoms with van der Waals surface area (Å²) in [5.41, 5.74) is 5.75. The highest BCUT2D eigenvalue weighted by molar-refractivity contribution is 6.23. The number of amides is 3. The average molecular weight is 361 g/mol. The van der Waals surface area contributed by atoms with Gasteiger partial charge in [-0.15, -0.1) is 0 Å². The van der Waals surface area contributed by atoms with E-state index in [9.17, 15) is 14.4 Å². The topological polar surface area (TPSA) is 102 Å². The number of primary amides is 1. The minimum Gasteiger partial charge on any atom is -0.497 e. The zero-order valence-corrected chi connectivity index (χ0v) is 14.9. The molecule has 0 bridgehead atoms. The van der Waals surface area contributed by atoms with Gasteiger partial charge in [-0.1, -0.05) is 0 Å². The lowest BCUT2D eigenvalue weighted by Gasteiger charge is -2.33. The maximum atomic E-state index is 13.0. The van der Waals surface area contributed by atoms with E-state index in [1.54, 1.807) is 18.2 Å². The molecule has 2 aliphatic rings. The zero-order chi connectivity index (χ0) is 18.8. The first-order chi connectivity index (χ1) is 12.5. The molecule has 0 aliphatic carbocycles. The van der Waals surface area contributed by atoms with Crippen LogP contribution in [0.15, 0.2) is 18.2 Å². The summed E-state index contributed by atoms with van der Waals surface area (Å²) in [6.07, 6.45) is 1.33. The number of methoxy groups -OCH3 is 2. The van der Waals surface area contributed by atoms with Gasteiger partial charge in [-0.25, -0.2) is 4.90 Å². The molecule has 2 aliphatic heterocycles. The van der Waals surface area contributed by atoms with Crippen molar-refractivity contribution in [3.05, 3.63) is 18.2 Å². The monoisotopic (exact) mass is 361 g/mol. The molecule has 0 spiro atoms. The van der Waals surface area contributed by atoms with Crippen LogP contribution in [-0.2, 0) is 14.4 Å². The van der Waals surface area contributed by atoms with E-state index in [0.717, 1.165) is 0 Å². The number of nitrogens with zero attached hydrogens (tertiary/aromatic N) is 2. The van der Waals surface area contributed by atoms with Gasteiger partial charge in [0.1, 0.15) is 11.5 Å². The first-order valence-electron chi connectivity index (χ1n) is 8.58. The lowest BCUT2D eigenvalue weighted by Crippen LogP contribution is -2.47. The van der Waals surface area contributed by atoms with Crippen molar-refractivity contribution in [2.75, 3.05) is 32.2 Å². The molecule has 2 heterocycles. The smallest absolute Gasteiger partial charge is 0.251 e. The van der Waals surface area contributed by atoms with Gasteiger partial charge in [-0.05, 0) is 38.1 Å². The molecule has 3 rings (SSSR count). The summed E-state index contributed by atoms with van der Waals surface area (Å²) in [5, 5.41) is 0. The molecule has 2 N–H and O–H groups in total. The number of carbonyl (C=O) groups excluding carboxylic acids is 3. The Bertz CT molecular complexity index is 728. The lowest BCUT2D eigenvalue weighted by molar-refractivity contribution is -0.124. The van der Waals surface area contributed by atoms with E-state index in [2.05, 4.69) is 0 Å². The van der Waals surface area contributed by atoms with Gasteiger partial charge in [-0.2, -0.15) is 0 Å². The fourth-order valence-electron chi connectivity index (χ4n) is 3.62. The summed E-state index contributed by atoms with van der Waals surface area (Å²) < 4.78 is 10.5. The van der Waals surface area contributed by atoms with Gasteiger partial charge >= 0.3 is 0 Å². The fourth-order valence-corrected chi connectivity index (χ4v) is 3.62. The van der Waals surface area contributed by atoms with Crippen LogP contribution in [-0.4, -0.2) is 56.0 Å². The van der Waals surface area contributed by atoms with Gasteiger partial charge < -0.3 is 15.2 Å². The Morgan fingerprint density at radius 2 is 1.85 bits per heavy atom. The van der Waals surface area contributed by atoms with Crippen LogP contribution in [0, 0.1) is 5.92 Å². The highest BCUT2D eigenvalue weighted by Crippen LogP contribution is 2.36. The normalized spacial score (nSPS) is 21.9. The summed E-state index contributed by atoms with van der Waals surface area (Å²) in [5.74, 6) is -0.0513. The molecule has 1 atom stereocenters. The molecule has 8 nitrogen and oxygen atoms in total. The molecule has 1 aromatic carbocycles.